The van der Waals surface area contributed by atoms with Crippen LogP contribution in [-0.4, -0.2) is 22.7 Å². The Bertz CT molecular complexity index is 1090. The minimum absolute atomic E-state index is 0.0559. The SMILES string of the molecule is CC1(C)CC2=C(C(N=C(Nc3ccccc3)Nc3ccccc3)C1)C1(O)CC(C)(C)CC(C)(C2)C1. The molecule has 1 saturated carbocycles. The third-order valence-corrected chi connectivity index (χ3v) is 8.05. The Morgan fingerprint density at radius 1 is 0.771 bits per heavy atom. The number of nitrogens with one attached hydrogen (secondary N) is 2. The Kier molecular flexibility index (Phi) is 5.87. The first-order valence-electron chi connectivity index (χ1n) is 13.1. The van der Waals surface area contributed by atoms with E-state index in [1.807, 2.05) is 36.4 Å². The van der Waals surface area contributed by atoms with Crippen LogP contribution < -0.4 is 10.6 Å². The van der Waals surface area contributed by atoms with E-state index in [0.717, 1.165) is 49.4 Å². The molecule has 3 aliphatic rings. The molecule has 3 unspecified atom stereocenters. The standard InChI is InChI=1S/C31H41N3O/c1-28(2)16-22-17-30(5)19-29(3,4)20-31(35,21-30)26(22)25(18-28)34-27(32-23-12-8-6-9-13-23)33-24-14-10-7-11-15-24/h6-15,25,35H,16-21H2,1-5H3,(H2,32,33,34). The van der Waals surface area contributed by atoms with Gasteiger partial charge in [0.05, 0.1) is 11.6 Å². The highest BCUT2D eigenvalue weighted by atomic mass is 16.3. The Balaban J connectivity index is 1.58. The molecule has 0 amide bonds. The molecule has 0 saturated heterocycles. The number of aliphatic hydroxyl groups is 1. The summed E-state index contributed by atoms with van der Waals surface area (Å²) in [6.45, 7) is 11.8. The number of allylic oxidation sites excluding steroid dienone is 1. The molecule has 0 heterocycles. The van der Waals surface area contributed by atoms with Crippen LogP contribution in [-0.2, 0) is 0 Å². The molecule has 1 fully saturated rings. The topological polar surface area (TPSA) is 56.7 Å². The second kappa shape index (κ2) is 8.51. The summed E-state index contributed by atoms with van der Waals surface area (Å²) in [5, 5.41) is 19.3. The zero-order valence-electron chi connectivity index (χ0n) is 22.0. The number of para-hydroxylation sites is 2. The van der Waals surface area contributed by atoms with E-state index in [0.29, 0.717) is 0 Å². The molecule has 0 radical (unpaired) electrons. The Morgan fingerprint density at radius 2 is 1.34 bits per heavy atom. The van der Waals surface area contributed by atoms with E-state index in [-0.39, 0.29) is 22.3 Å². The largest absolute Gasteiger partial charge is 0.385 e. The van der Waals surface area contributed by atoms with Crippen molar-refractivity contribution in [1.29, 1.82) is 0 Å². The minimum Gasteiger partial charge on any atom is -0.385 e. The molecule has 0 spiro atoms. The lowest BCUT2D eigenvalue weighted by atomic mass is 9.49. The molecule has 2 bridgehead atoms. The van der Waals surface area contributed by atoms with Crippen LogP contribution in [0.4, 0.5) is 11.4 Å². The lowest BCUT2D eigenvalue weighted by Crippen LogP contribution is -2.55. The van der Waals surface area contributed by atoms with Gasteiger partial charge < -0.3 is 15.7 Å². The van der Waals surface area contributed by atoms with Gasteiger partial charge in [-0.2, -0.15) is 0 Å². The summed E-state index contributed by atoms with van der Waals surface area (Å²) in [6.07, 6.45) is 5.90. The summed E-state index contributed by atoms with van der Waals surface area (Å²) in [7, 11) is 0. The predicted octanol–water partition coefficient (Wildman–Crippen LogP) is 7.40. The first-order valence-corrected chi connectivity index (χ1v) is 13.1. The number of hydrogen-bond acceptors (Lipinski definition) is 2. The summed E-state index contributed by atoms with van der Waals surface area (Å²) in [4.78, 5) is 5.35. The van der Waals surface area contributed by atoms with Crippen molar-refractivity contribution < 1.29 is 5.11 Å². The van der Waals surface area contributed by atoms with Gasteiger partial charge in [0.1, 0.15) is 0 Å². The third kappa shape index (κ3) is 5.18. The second-order valence-electron chi connectivity index (χ2n) is 13.3. The summed E-state index contributed by atoms with van der Waals surface area (Å²) in [5.74, 6) is 0.726. The van der Waals surface area contributed by atoms with Gasteiger partial charge in [-0.05, 0) is 84.6 Å². The van der Waals surface area contributed by atoms with Crippen LogP contribution in [0, 0.1) is 16.2 Å². The van der Waals surface area contributed by atoms with Crippen LogP contribution in [0.2, 0.25) is 0 Å². The van der Waals surface area contributed by atoms with Crippen molar-refractivity contribution in [2.75, 3.05) is 10.6 Å². The smallest absolute Gasteiger partial charge is 0.200 e. The van der Waals surface area contributed by atoms with E-state index in [4.69, 9.17) is 4.99 Å². The maximum Gasteiger partial charge on any atom is 0.200 e. The van der Waals surface area contributed by atoms with Crippen molar-refractivity contribution in [3.63, 3.8) is 0 Å². The number of anilines is 2. The number of fused-ring (bicyclic) bond motifs is 3. The second-order valence-corrected chi connectivity index (χ2v) is 13.3. The normalized spacial score (nSPS) is 30.7. The van der Waals surface area contributed by atoms with Crippen molar-refractivity contribution >= 4 is 17.3 Å². The maximum absolute atomic E-state index is 12.3. The van der Waals surface area contributed by atoms with Gasteiger partial charge in [0.15, 0.2) is 0 Å². The first-order chi connectivity index (χ1) is 16.4. The van der Waals surface area contributed by atoms with Gasteiger partial charge in [0.25, 0.3) is 0 Å². The quantitative estimate of drug-likeness (QED) is 0.248. The average Bonchev–Trinajstić information content (AvgIpc) is 2.71. The molecule has 3 aliphatic carbocycles. The molecule has 3 N–H and O–H groups in total. The van der Waals surface area contributed by atoms with Gasteiger partial charge >= 0.3 is 0 Å². The summed E-state index contributed by atoms with van der Waals surface area (Å²) in [5.41, 5.74) is 4.30. The summed E-state index contributed by atoms with van der Waals surface area (Å²) in [6, 6.07) is 20.3. The fourth-order valence-corrected chi connectivity index (χ4v) is 7.75. The number of nitrogens with zero attached hydrogens (tertiary/aromatic N) is 1. The molecule has 0 aliphatic heterocycles. The highest BCUT2D eigenvalue weighted by molar-refractivity contribution is 6.03. The molecule has 35 heavy (non-hydrogen) atoms. The Morgan fingerprint density at radius 3 is 1.91 bits per heavy atom. The minimum atomic E-state index is -0.778. The molecule has 2 aromatic carbocycles. The molecular weight excluding hydrogens is 430 g/mol. The monoisotopic (exact) mass is 471 g/mol. The highest BCUT2D eigenvalue weighted by Gasteiger charge is 2.57. The van der Waals surface area contributed by atoms with Crippen molar-refractivity contribution in [2.45, 2.75) is 84.8 Å². The lowest BCUT2D eigenvalue weighted by Gasteiger charge is -2.58. The van der Waals surface area contributed by atoms with E-state index in [9.17, 15) is 5.11 Å². The third-order valence-electron chi connectivity index (χ3n) is 8.05. The van der Waals surface area contributed by atoms with Gasteiger partial charge in [-0.25, -0.2) is 4.99 Å². The number of benzene rings is 2. The molecule has 0 aromatic heterocycles. The molecular formula is C31H41N3O. The van der Waals surface area contributed by atoms with Crippen molar-refractivity contribution in [1.82, 2.24) is 0 Å². The van der Waals surface area contributed by atoms with Crippen LogP contribution in [0.5, 0.6) is 0 Å². The fraction of sp³-hybridized carbons (Fsp3) is 0.516. The fourth-order valence-electron chi connectivity index (χ4n) is 7.75. The van der Waals surface area contributed by atoms with Crippen LogP contribution in [0.15, 0.2) is 76.8 Å². The average molecular weight is 472 g/mol. The van der Waals surface area contributed by atoms with E-state index in [1.54, 1.807) is 0 Å². The van der Waals surface area contributed by atoms with Gasteiger partial charge in [0, 0.05) is 11.4 Å². The van der Waals surface area contributed by atoms with Crippen LogP contribution >= 0.6 is 0 Å². The molecule has 2 aromatic rings. The zero-order chi connectivity index (χ0) is 24.9. The van der Waals surface area contributed by atoms with Gasteiger partial charge in [0.2, 0.25) is 5.96 Å². The molecule has 186 valence electrons. The van der Waals surface area contributed by atoms with E-state index < -0.39 is 5.60 Å². The van der Waals surface area contributed by atoms with Gasteiger partial charge in [-0.1, -0.05) is 76.6 Å². The van der Waals surface area contributed by atoms with Crippen LogP contribution in [0.25, 0.3) is 0 Å². The van der Waals surface area contributed by atoms with Crippen LogP contribution in [0.3, 0.4) is 0 Å². The van der Waals surface area contributed by atoms with Gasteiger partial charge in [-0.3, -0.25) is 0 Å². The van der Waals surface area contributed by atoms with Crippen LogP contribution in [0.1, 0.15) is 73.1 Å². The molecule has 3 atom stereocenters. The van der Waals surface area contributed by atoms with E-state index in [2.05, 4.69) is 69.5 Å². The Hall–Kier alpha value is -2.59. The molecule has 4 nitrogen and oxygen atoms in total. The number of rotatable bonds is 3. The number of guanidine groups is 1. The summed E-state index contributed by atoms with van der Waals surface area (Å²) >= 11 is 0. The van der Waals surface area contributed by atoms with Gasteiger partial charge in [-0.15, -0.1) is 0 Å². The van der Waals surface area contributed by atoms with Crippen molar-refractivity contribution in [3.8, 4) is 0 Å². The first kappa shape index (κ1) is 24.1. The summed E-state index contributed by atoms with van der Waals surface area (Å²) < 4.78 is 0. The van der Waals surface area contributed by atoms with Crippen molar-refractivity contribution in [2.24, 2.45) is 21.2 Å². The number of aliphatic imine (C=N–C) groups is 1. The van der Waals surface area contributed by atoms with E-state index in [1.165, 1.54) is 17.6 Å². The van der Waals surface area contributed by atoms with E-state index >= 15 is 0 Å². The number of hydrogen-bond donors (Lipinski definition) is 3. The highest BCUT2D eigenvalue weighted by Crippen LogP contribution is 2.62. The molecule has 5 rings (SSSR count). The zero-order valence-corrected chi connectivity index (χ0v) is 22.0. The van der Waals surface area contributed by atoms with Crippen molar-refractivity contribution in [3.05, 3.63) is 71.8 Å². The predicted molar refractivity (Wildman–Crippen MR) is 147 cm³/mol. The lowest BCUT2D eigenvalue weighted by molar-refractivity contribution is -0.0847. The Labute approximate surface area is 211 Å². The maximum atomic E-state index is 12.3. The molecule has 4 heteroatoms.